The molecule has 2 aliphatic rings. The molecule has 1 heteroatoms. The molecular weight excluding hydrogens is 434 g/mol. The summed E-state index contributed by atoms with van der Waals surface area (Å²) >= 11 is 0. The minimum Gasteiger partial charge on any atom is -0.256 e. The van der Waals surface area contributed by atoms with Crippen molar-refractivity contribution in [2.75, 3.05) is 0 Å². The molecule has 190 valence electrons. The van der Waals surface area contributed by atoms with Crippen LogP contribution < -0.4 is 0 Å². The van der Waals surface area contributed by atoms with Crippen LogP contribution in [0.15, 0.2) is 48.7 Å². The zero-order chi connectivity index (χ0) is 26.1. The smallest absolute Gasteiger partial charge is 0.0705 e. The maximum Gasteiger partial charge on any atom is 0.0705 e. The Labute approximate surface area is 219 Å². The number of nitrogens with zero attached hydrogens (tertiary/aromatic N) is 1. The van der Waals surface area contributed by atoms with E-state index in [4.69, 9.17) is 4.98 Å². The van der Waals surface area contributed by atoms with Crippen LogP contribution in [0.5, 0.6) is 0 Å². The van der Waals surface area contributed by atoms with Crippen molar-refractivity contribution < 1.29 is 0 Å². The Morgan fingerprint density at radius 3 is 1.81 bits per heavy atom. The first-order chi connectivity index (χ1) is 16.8. The van der Waals surface area contributed by atoms with Crippen molar-refractivity contribution in [3.8, 4) is 22.4 Å². The second-order valence-corrected chi connectivity index (χ2v) is 14.0. The summed E-state index contributed by atoms with van der Waals surface area (Å²) in [7, 11) is 0. The SMILES string of the molecule is CCC1(C)CCC(C)(C)c2cc(-c3cc(C)c(-c4ccc5c(c4)C(C)(C)CCC5(C)C)cn3)ccc21. The molecule has 0 N–H and O–H groups in total. The molecule has 1 aromatic heterocycles. The third kappa shape index (κ3) is 4.04. The van der Waals surface area contributed by atoms with Crippen LogP contribution in [-0.4, -0.2) is 4.98 Å². The number of benzene rings is 2. The second-order valence-electron chi connectivity index (χ2n) is 14.0. The van der Waals surface area contributed by atoms with Gasteiger partial charge < -0.3 is 0 Å². The summed E-state index contributed by atoms with van der Waals surface area (Å²) in [6.45, 7) is 21.4. The van der Waals surface area contributed by atoms with Crippen molar-refractivity contribution in [2.45, 2.75) is 116 Å². The van der Waals surface area contributed by atoms with Crippen molar-refractivity contribution in [2.24, 2.45) is 0 Å². The quantitative estimate of drug-likeness (QED) is 0.364. The highest BCUT2D eigenvalue weighted by atomic mass is 14.7. The molecule has 0 aliphatic heterocycles. The van der Waals surface area contributed by atoms with Crippen LogP contribution in [0.4, 0.5) is 0 Å². The fourth-order valence-corrected chi connectivity index (χ4v) is 6.79. The minimum absolute atomic E-state index is 0.207. The molecule has 0 fully saturated rings. The summed E-state index contributed by atoms with van der Waals surface area (Å²) in [6, 6.07) is 16.6. The predicted molar refractivity (Wildman–Crippen MR) is 155 cm³/mol. The monoisotopic (exact) mass is 479 g/mol. The number of pyridine rings is 1. The van der Waals surface area contributed by atoms with Gasteiger partial charge in [-0.3, -0.25) is 4.98 Å². The summed E-state index contributed by atoms with van der Waals surface area (Å²) < 4.78 is 0. The first-order valence-corrected chi connectivity index (χ1v) is 14.0. The lowest BCUT2D eigenvalue weighted by Crippen LogP contribution is -2.35. The molecule has 1 heterocycles. The van der Waals surface area contributed by atoms with E-state index < -0.39 is 0 Å². The van der Waals surface area contributed by atoms with Crippen LogP contribution in [-0.2, 0) is 21.7 Å². The van der Waals surface area contributed by atoms with E-state index >= 15 is 0 Å². The van der Waals surface area contributed by atoms with E-state index in [0.29, 0.717) is 0 Å². The Morgan fingerprint density at radius 1 is 0.639 bits per heavy atom. The third-order valence-electron chi connectivity index (χ3n) is 10.1. The normalized spacial score (nSPS) is 23.6. The van der Waals surface area contributed by atoms with Crippen LogP contribution in [0.3, 0.4) is 0 Å². The zero-order valence-corrected chi connectivity index (χ0v) is 24.1. The number of hydrogen-bond acceptors (Lipinski definition) is 1. The average Bonchev–Trinajstić information content (AvgIpc) is 2.84. The van der Waals surface area contributed by atoms with Crippen LogP contribution >= 0.6 is 0 Å². The van der Waals surface area contributed by atoms with Gasteiger partial charge in [0.05, 0.1) is 5.69 Å². The van der Waals surface area contributed by atoms with E-state index in [2.05, 4.69) is 111 Å². The van der Waals surface area contributed by atoms with Gasteiger partial charge in [-0.1, -0.05) is 85.7 Å². The molecule has 0 radical (unpaired) electrons. The molecule has 1 atom stereocenters. The largest absolute Gasteiger partial charge is 0.256 e. The van der Waals surface area contributed by atoms with Crippen molar-refractivity contribution >= 4 is 0 Å². The Kier molecular flexibility index (Phi) is 5.82. The van der Waals surface area contributed by atoms with Crippen molar-refractivity contribution in [3.63, 3.8) is 0 Å². The Bertz CT molecular complexity index is 1320. The summed E-state index contributed by atoms with van der Waals surface area (Å²) in [4.78, 5) is 5.02. The van der Waals surface area contributed by atoms with Crippen molar-refractivity contribution in [1.29, 1.82) is 0 Å². The van der Waals surface area contributed by atoms with E-state index in [1.165, 1.54) is 76.6 Å². The van der Waals surface area contributed by atoms with Gasteiger partial charge >= 0.3 is 0 Å². The lowest BCUT2D eigenvalue weighted by Gasteiger charge is -2.43. The first kappa shape index (κ1) is 25.2. The molecule has 2 aliphatic carbocycles. The molecule has 1 unspecified atom stereocenters. The lowest BCUT2D eigenvalue weighted by molar-refractivity contribution is 0.305. The van der Waals surface area contributed by atoms with Crippen molar-refractivity contribution in [1.82, 2.24) is 4.98 Å². The molecule has 2 aromatic carbocycles. The maximum atomic E-state index is 5.02. The molecule has 36 heavy (non-hydrogen) atoms. The summed E-state index contributed by atoms with van der Waals surface area (Å²) in [6.07, 6.45) is 8.29. The number of rotatable bonds is 3. The van der Waals surface area contributed by atoms with Crippen LogP contribution in [0.25, 0.3) is 22.4 Å². The number of aromatic nitrogens is 1. The van der Waals surface area contributed by atoms with Gasteiger partial charge in [0.2, 0.25) is 0 Å². The van der Waals surface area contributed by atoms with Gasteiger partial charge in [0, 0.05) is 17.3 Å². The van der Waals surface area contributed by atoms with Gasteiger partial charge in [-0.2, -0.15) is 0 Å². The van der Waals surface area contributed by atoms with Crippen LogP contribution in [0.2, 0.25) is 0 Å². The van der Waals surface area contributed by atoms with Gasteiger partial charge in [0.25, 0.3) is 0 Å². The van der Waals surface area contributed by atoms with Gasteiger partial charge in [-0.05, 0) is 106 Å². The fraction of sp³-hybridized carbons (Fsp3) is 0.514. The van der Waals surface area contributed by atoms with E-state index in [1.807, 2.05) is 0 Å². The number of hydrogen-bond donors (Lipinski definition) is 0. The Balaban J connectivity index is 1.55. The zero-order valence-electron chi connectivity index (χ0n) is 24.1. The molecule has 0 spiro atoms. The minimum atomic E-state index is 0.207. The topological polar surface area (TPSA) is 12.9 Å². The highest BCUT2D eigenvalue weighted by Gasteiger charge is 2.39. The summed E-state index contributed by atoms with van der Waals surface area (Å²) in [5, 5.41) is 0. The molecule has 0 bridgehead atoms. The van der Waals surface area contributed by atoms with E-state index in [9.17, 15) is 0 Å². The highest BCUT2D eigenvalue weighted by Crippen LogP contribution is 2.49. The molecule has 0 saturated heterocycles. The molecule has 0 saturated carbocycles. The molecule has 5 rings (SSSR count). The maximum absolute atomic E-state index is 5.02. The standard InChI is InChI=1S/C35H45N/c1-10-35(9)18-17-34(7,8)30-21-25(12-14-28(30)35)31-19-23(2)26(22-36-31)24-11-13-27-29(20-24)33(5,6)16-15-32(27,3)4/h11-14,19-22H,10,15-18H2,1-9H3. The van der Waals surface area contributed by atoms with Crippen molar-refractivity contribution in [3.05, 3.63) is 76.5 Å². The number of aryl methyl sites for hydroxylation is 1. The predicted octanol–water partition coefficient (Wildman–Crippen LogP) is 9.81. The molecule has 3 aromatic rings. The Morgan fingerprint density at radius 2 is 1.17 bits per heavy atom. The van der Waals surface area contributed by atoms with E-state index in [-0.39, 0.29) is 21.7 Å². The lowest BCUT2D eigenvalue weighted by atomic mass is 9.61. The van der Waals surface area contributed by atoms with Gasteiger partial charge in [0.15, 0.2) is 0 Å². The van der Waals surface area contributed by atoms with E-state index in [0.717, 1.165) is 5.69 Å². The third-order valence-corrected chi connectivity index (χ3v) is 10.1. The van der Waals surface area contributed by atoms with Gasteiger partial charge in [0.1, 0.15) is 0 Å². The molecule has 1 nitrogen and oxygen atoms in total. The molecular formula is C35H45N. The number of fused-ring (bicyclic) bond motifs is 2. The Hall–Kier alpha value is -2.41. The summed E-state index contributed by atoms with van der Waals surface area (Å²) in [5.74, 6) is 0. The fourth-order valence-electron chi connectivity index (χ4n) is 6.79. The van der Waals surface area contributed by atoms with Gasteiger partial charge in [-0.15, -0.1) is 0 Å². The summed E-state index contributed by atoms with van der Waals surface area (Å²) in [5.41, 5.74) is 13.2. The average molecular weight is 480 g/mol. The first-order valence-electron chi connectivity index (χ1n) is 14.0. The van der Waals surface area contributed by atoms with E-state index in [1.54, 1.807) is 0 Å². The molecule has 0 amide bonds. The van der Waals surface area contributed by atoms with Crippen LogP contribution in [0.1, 0.15) is 115 Å². The highest BCUT2D eigenvalue weighted by molar-refractivity contribution is 5.72. The van der Waals surface area contributed by atoms with Crippen LogP contribution in [0, 0.1) is 6.92 Å². The van der Waals surface area contributed by atoms with Gasteiger partial charge in [-0.25, -0.2) is 0 Å². The second kappa shape index (κ2) is 8.30.